The largest absolute Gasteiger partial charge is 0.497 e. The van der Waals surface area contributed by atoms with Crippen molar-refractivity contribution in [3.8, 4) is 17.2 Å². The maximum Gasteiger partial charge on any atom is 0.244 e. The van der Waals surface area contributed by atoms with Crippen molar-refractivity contribution in [3.63, 3.8) is 0 Å². The second-order valence-electron chi connectivity index (χ2n) is 9.35. The Balaban J connectivity index is 1.99. The Hall–Kier alpha value is -3.47. The molecule has 0 unspecified atom stereocenters. The van der Waals surface area contributed by atoms with Gasteiger partial charge in [-0.25, -0.2) is 8.42 Å². The fraction of sp³-hybridized carbons (Fsp3) is 0.500. The van der Waals surface area contributed by atoms with E-state index in [1.807, 2.05) is 26.8 Å². The van der Waals surface area contributed by atoms with E-state index in [4.69, 9.17) is 14.2 Å². The minimum Gasteiger partial charge on any atom is -0.497 e. The first-order chi connectivity index (χ1) is 18.6. The van der Waals surface area contributed by atoms with E-state index in [-0.39, 0.29) is 29.9 Å². The van der Waals surface area contributed by atoms with Gasteiger partial charge in [-0.2, -0.15) is 0 Å². The van der Waals surface area contributed by atoms with Crippen molar-refractivity contribution >= 4 is 27.5 Å². The first-order valence-electron chi connectivity index (χ1n) is 13.3. The molecule has 0 aromatic heterocycles. The number of carbonyl (C=O) groups is 2. The molecule has 2 amide bonds. The third-order valence-electron chi connectivity index (χ3n) is 6.67. The highest BCUT2D eigenvalue weighted by Crippen LogP contribution is 2.35. The van der Waals surface area contributed by atoms with Gasteiger partial charge in [-0.05, 0) is 56.5 Å². The second kappa shape index (κ2) is 13.5. The van der Waals surface area contributed by atoms with Gasteiger partial charge in [0.15, 0.2) is 11.5 Å². The molecule has 0 radical (unpaired) electrons. The summed E-state index contributed by atoms with van der Waals surface area (Å²) in [6.45, 7) is 7.58. The number of hydrogen-bond donors (Lipinski definition) is 1. The fourth-order valence-corrected chi connectivity index (χ4v) is 5.29. The lowest BCUT2D eigenvalue weighted by Gasteiger charge is -2.34. The summed E-state index contributed by atoms with van der Waals surface area (Å²) in [5, 5.41) is 2.97. The molecule has 2 aromatic rings. The fourth-order valence-electron chi connectivity index (χ4n) is 4.24. The number of ether oxygens (including phenoxy) is 3. The molecule has 2 atom stereocenters. The molecule has 39 heavy (non-hydrogen) atoms. The van der Waals surface area contributed by atoms with Crippen LogP contribution in [-0.2, 0) is 26.2 Å². The molecule has 0 spiro atoms. The van der Waals surface area contributed by atoms with Crippen LogP contribution in [0.3, 0.4) is 0 Å². The van der Waals surface area contributed by atoms with Gasteiger partial charge >= 0.3 is 0 Å². The van der Waals surface area contributed by atoms with E-state index in [1.165, 1.54) is 11.8 Å². The third-order valence-corrected chi connectivity index (χ3v) is 8.41. The average molecular weight is 562 g/mol. The Morgan fingerprint density at radius 3 is 2.38 bits per heavy atom. The van der Waals surface area contributed by atoms with Crippen LogP contribution in [0.4, 0.5) is 5.69 Å². The van der Waals surface area contributed by atoms with Crippen LogP contribution in [0.15, 0.2) is 42.5 Å². The number of fused-ring (bicyclic) bond motifs is 1. The van der Waals surface area contributed by atoms with E-state index in [0.29, 0.717) is 36.9 Å². The van der Waals surface area contributed by atoms with Crippen LogP contribution < -0.4 is 23.8 Å². The summed E-state index contributed by atoms with van der Waals surface area (Å²) < 4.78 is 44.0. The second-order valence-corrected chi connectivity index (χ2v) is 11.5. The molecule has 0 aliphatic carbocycles. The number of nitrogens with zero attached hydrogens (tertiary/aromatic N) is 2. The lowest BCUT2D eigenvalue weighted by molar-refractivity contribution is -0.140. The van der Waals surface area contributed by atoms with Gasteiger partial charge in [-0.15, -0.1) is 0 Å². The Morgan fingerprint density at radius 2 is 1.74 bits per heavy atom. The van der Waals surface area contributed by atoms with Gasteiger partial charge < -0.3 is 24.4 Å². The van der Waals surface area contributed by atoms with E-state index in [1.54, 1.807) is 43.5 Å². The number of rotatable bonds is 13. The summed E-state index contributed by atoms with van der Waals surface area (Å²) in [4.78, 5) is 28.7. The van der Waals surface area contributed by atoms with Gasteiger partial charge in [0.25, 0.3) is 0 Å². The van der Waals surface area contributed by atoms with Crippen LogP contribution in [0.1, 0.15) is 46.1 Å². The molecule has 1 aliphatic rings. The van der Waals surface area contributed by atoms with Crippen molar-refractivity contribution in [1.29, 1.82) is 0 Å². The highest BCUT2D eigenvalue weighted by molar-refractivity contribution is 7.92. The summed E-state index contributed by atoms with van der Waals surface area (Å²) in [6.07, 6.45) is 1.08. The molecule has 1 aliphatic heterocycles. The zero-order chi connectivity index (χ0) is 28.6. The molecule has 11 heteroatoms. The van der Waals surface area contributed by atoms with Crippen LogP contribution in [0.2, 0.25) is 0 Å². The van der Waals surface area contributed by atoms with Crippen LogP contribution in [0.5, 0.6) is 17.2 Å². The average Bonchev–Trinajstić information content (AvgIpc) is 2.95. The monoisotopic (exact) mass is 561 g/mol. The van der Waals surface area contributed by atoms with Crippen molar-refractivity contribution < 1.29 is 32.2 Å². The number of carbonyl (C=O) groups excluding carboxylic acids is 2. The Kier molecular flexibility index (Phi) is 10.4. The maximum atomic E-state index is 13.9. The van der Waals surface area contributed by atoms with Crippen LogP contribution in [0, 0.1) is 0 Å². The number of amides is 2. The third kappa shape index (κ3) is 7.56. The number of methoxy groups -OCH3 is 1. The first kappa shape index (κ1) is 30.1. The van der Waals surface area contributed by atoms with Gasteiger partial charge in [0.05, 0.1) is 18.6 Å². The van der Waals surface area contributed by atoms with E-state index >= 15 is 0 Å². The normalized spacial score (nSPS) is 14.2. The number of anilines is 1. The van der Waals surface area contributed by atoms with Gasteiger partial charge in [-0.3, -0.25) is 13.9 Å². The predicted molar refractivity (Wildman–Crippen MR) is 150 cm³/mol. The van der Waals surface area contributed by atoms with Gasteiger partial charge in [-0.1, -0.05) is 26.0 Å². The number of nitrogens with one attached hydrogen (secondary N) is 1. The SMILES string of the molecule is CC[C@H](C)NC(=O)[C@H](CC)N(Cc1cccc(OC)c1)C(=O)CN(c1ccc2c(c1)OCCO2)S(=O)(=O)CC. The van der Waals surface area contributed by atoms with E-state index in [0.717, 1.165) is 16.3 Å². The molecule has 10 nitrogen and oxygen atoms in total. The maximum absolute atomic E-state index is 13.9. The zero-order valence-corrected chi connectivity index (χ0v) is 24.1. The quantitative estimate of drug-likeness (QED) is 0.399. The molecule has 0 saturated carbocycles. The molecule has 0 fully saturated rings. The highest BCUT2D eigenvalue weighted by atomic mass is 32.2. The summed E-state index contributed by atoms with van der Waals surface area (Å²) in [5.74, 6) is 0.537. The van der Waals surface area contributed by atoms with Crippen molar-refractivity contribution in [2.45, 2.75) is 59.2 Å². The minimum absolute atomic E-state index is 0.0741. The molecule has 0 bridgehead atoms. The number of sulfonamides is 1. The minimum atomic E-state index is -3.86. The summed E-state index contributed by atoms with van der Waals surface area (Å²) >= 11 is 0. The lowest BCUT2D eigenvalue weighted by atomic mass is 10.1. The molecule has 0 saturated heterocycles. The van der Waals surface area contributed by atoms with Crippen LogP contribution in [0.25, 0.3) is 0 Å². The summed E-state index contributed by atoms with van der Waals surface area (Å²) in [5.41, 5.74) is 1.04. The molecular formula is C28H39N3O7S. The van der Waals surface area contributed by atoms with Crippen LogP contribution >= 0.6 is 0 Å². The highest BCUT2D eigenvalue weighted by Gasteiger charge is 2.33. The molecule has 1 N–H and O–H groups in total. The topological polar surface area (TPSA) is 114 Å². The van der Waals surface area contributed by atoms with Crippen molar-refractivity contribution in [2.24, 2.45) is 0 Å². The molecule has 1 heterocycles. The van der Waals surface area contributed by atoms with E-state index < -0.39 is 28.5 Å². The van der Waals surface area contributed by atoms with Crippen molar-refractivity contribution in [2.75, 3.05) is 36.9 Å². The molecule has 214 valence electrons. The van der Waals surface area contributed by atoms with Crippen LogP contribution in [-0.4, -0.2) is 69.8 Å². The Labute approximate surface area is 231 Å². The zero-order valence-electron chi connectivity index (χ0n) is 23.3. The number of benzene rings is 2. The lowest BCUT2D eigenvalue weighted by Crippen LogP contribution is -2.53. The molecule has 2 aromatic carbocycles. The van der Waals surface area contributed by atoms with E-state index in [2.05, 4.69) is 5.32 Å². The van der Waals surface area contributed by atoms with Gasteiger partial charge in [0.1, 0.15) is 31.5 Å². The standard InChI is InChI=1S/C28H39N3O7S/c1-6-20(4)29-28(33)24(7-2)30(18-21-10-9-11-23(16-21)36-5)27(32)19-31(39(34,35)8-3)22-12-13-25-26(17-22)38-15-14-37-25/h9-13,16-17,20,24H,6-8,14-15,18-19H2,1-5H3,(H,29,33)/t20-,24-/m0/s1. The molecule has 3 rings (SSSR count). The summed E-state index contributed by atoms with van der Waals surface area (Å²) in [6, 6.07) is 11.1. The van der Waals surface area contributed by atoms with Gasteiger partial charge in [0.2, 0.25) is 21.8 Å². The Bertz CT molecular complexity index is 1250. The smallest absolute Gasteiger partial charge is 0.244 e. The van der Waals surface area contributed by atoms with Gasteiger partial charge in [0, 0.05) is 18.7 Å². The van der Waals surface area contributed by atoms with E-state index in [9.17, 15) is 18.0 Å². The summed E-state index contributed by atoms with van der Waals surface area (Å²) in [7, 11) is -2.31. The number of hydrogen-bond acceptors (Lipinski definition) is 7. The van der Waals surface area contributed by atoms with Crippen molar-refractivity contribution in [3.05, 3.63) is 48.0 Å². The first-order valence-corrected chi connectivity index (χ1v) is 14.9. The van der Waals surface area contributed by atoms with Crippen molar-refractivity contribution in [1.82, 2.24) is 10.2 Å². The predicted octanol–water partition coefficient (Wildman–Crippen LogP) is 3.34. The Morgan fingerprint density at radius 1 is 1.03 bits per heavy atom. The molecular weight excluding hydrogens is 522 g/mol.